The molecule has 0 atom stereocenters. The zero-order valence-corrected chi connectivity index (χ0v) is 14.0. The molecule has 7 heteroatoms. The fraction of sp³-hybridized carbons (Fsp3) is 0.0667. The first kappa shape index (κ1) is 14.9. The second kappa shape index (κ2) is 5.66. The molecular formula is C15H12BrN3O2S. The van der Waals surface area contributed by atoms with Crippen molar-refractivity contribution in [2.24, 2.45) is 0 Å². The number of anilines is 2. The van der Waals surface area contributed by atoms with Crippen molar-refractivity contribution in [1.29, 1.82) is 0 Å². The normalized spacial score (nSPS) is 11.5. The van der Waals surface area contributed by atoms with Crippen molar-refractivity contribution in [3.63, 3.8) is 0 Å². The summed E-state index contributed by atoms with van der Waals surface area (Å²) in [5.41, 5.74) is 1.43. The number of benzene rings is 2. The Kier molecular flexibility index (Phi) is 3.84. The topological polar surface area (TPSA) is 72.0 Å². The standard InChI is InChI=1S/C15H12BrN3O2S/c1-22(20,21)13-4-2-3-12(8-13)18-15-17-9-10-7-11(16)5-6-14(10)19-15/h2-9H,1H3,(H,17,18,19). The maximum absolute atomic E-state index is 11.6. The van der Waals surface area contributed by atoms with Crippen LogP contribution in [0.2, 0.25) is 0 Å². The number of halogens is 1. The van der Waals surface area contributed by atoms with Crippen molar-refractivity contribution < 1.29 is 8.42 Å². The molecule has 0 spiro atoms. The SMILES string of the molecule is CS(=O)(=O)c1cccc(Nc2ncc3cc(Br)ccc3n2)c1. The van der Waals surface area contributed by atoms with Crippen LogP contribution in [0.3, 0.4) is 0 Å². The molecule has 0 aliphatic carbocycles. The predicted molar refractivity (Wildman–Crippen MR) is 90.1 cm³/mol. The van der Waals surface area contributed by atoms with Crippen LogP contribution in [0.25, 0.3) is 10.9 Å². The van der Waals surface area contributed by atoms with Crippen LogP contribution >= 0.6 is 15.9 Å². The number of nitrogens with zero attached hydrogens (tertiary/aromatic N) is 2. The molecule has 3 rings (SSSR count). The average molecular weight is 378 g/mol. The Balaban J connectivity index is 1.95. The zero-order chi connectivity index (χ0) is 15.7. The molecule has 0 bridgehead atoms. The van der Waals surface area contributed by atoms with Gasteiger partial charge in [-0.2, -0.15) is 0 Å². The minimum Gasteiger partial charge on any atom is -0.324 e. The monoisotopic (exact) mass is 377 g/mol. The molecule has 0 radical (unpaired) electrons. The molecule has 0 amide bonds. The molecule has 0 fully saturated rings. The van der Waals surface area contributed by atoms with Gasteiger partial charge in [-0.05, 0) is 36.4 Å². The summed E-state index contributed by atoms with van der Waals surface area (Å²) in [6.07, 6.45) is 2.90. The van der Waals surface area contributed by atoms with Crippen molar-refractivity contribution in [3.05, 3.63) is 53.1 Å². The molecule has 3 aromatic rings. The molecule has 0 unspecified atom stereocenters. The van der Waals surface area contributed by atoms with E-state index in [2.05, 4.69) is 31.2 Å². The van der Waals surface area contributed by atoms with Crippen LogP contribution in [0.4, 0.5) is 11.6 Å². The van der Waals surface area contributed by atoms with Crippen molar-refractivity contribution in [2.45, 2.75) is 4.90 Å². The summed E-state index contributed by atoms with van der Waals surface area (Å²) >= 11 is 3.40. The fourth-order valence-corrected chi connectivity index (χ4v) is 3.04. The summed E-state index contributed by atoms with van der Waals surface area (Å²) in [5, 5.41) is 3.95. The van der Waals surface area contributed by atoms with Crippen LogP contribution < -0.4 is 5.32 Å². The van der Waals surface area contributed by atoms with E-state index in [1.54, 1.807) is 30.5 Å². The van der Waals surface area contributed by atoms with E-state index in [0.717, 1.165) is 15.4 Å². The van der Waals surface area contributed by atoms with Crippen molar-refractivity contribution in [3.8, 4) is 0 Å². The van der Waals surface area contributed by atoms with Gasteiger partial charge in [-0.25, -0.2) is 18.4 Å². The molecule has 1 heterocycles. The Morgan fingerprint density at radius 1 is 1.14 bits per heavy atom. The minimum atomic E-state index is -3.24. The van der Waals surface area contributed by atoms with Gasteiger partial charge in [0.2, 0.25) is 5.95 Å². The smallest absolute Gasteiger partial charge is 0.227 e. The summed E-state index contributed by atoms with van der Waals surface area (Å²) < 4.78 is 24.1. The third-order valence-corrected chi connectivity index (χ3v) is 4.66. The largest absolute Gasteiger partial charge is 0.324 e. The molecule has 1 aromatic heterocycles. The summed E-state index contributed by atoms with van der Waals surface area (Å²) in [6, 6.07) is 12.3. The Morgan fingerprint density at radius 3 is 2.73 bits per heavy atom. The lowest BCUT2D eigenvalue weighted by molar-refractivity contribution is 0.602. The summed E-state index contributed by atoms with van der Waals surface area (Å²) in [7, 11) is -3.24. The van der Waals surface area contributed by atoms with Crippen molar-refractivity contribution >= 4 is 48.3 Å². The van der Waals surface area contributed by atoms with E-state index in [0.29, 0.717) is 11.6 Å². The van der Waals surface area contributed by atoms with E-state index in [1.165, 1.54) is 6.26 Å². The minimum absolute atomic E-state index is 0.252. The number of rotatable bonds is 3. The second-order valence-corrected chi connectivity index (χ2v) is 7.75. The lowest BCUT2D eigenvalue weighted by atomic mass is 10.2. The molecule has 5 nitrogen and oxygen atoms in total. The lowest BCUT2D eigenvalue weighted by Gasteiger charge is -2.07. The van der Waals surface area contributed by atoms with Crippen molar-refractivity contribution in [2.75, 3.05) is 11.6 Å². The summed E-state index contributed by atoms with van der Waals surface area (Å²) in [4.78, 5) is 8.91. The maximum Gasteiger partial charge on any atom is 0.227 e. The van der Waals surface area contributed by atoms with Crippen LogP contribution in [-0.4, -0.2) is 24.6 Å². The molecule has 112 valence electrons. The highest BCUT2D eigenvalue weighted by atomic mass is 79.9. The van der Waals surface area contributed by atoms with Gasteiger partial charge in [-0.3, -0.25) is 0 Å². The van der Waals surface area contributed by atoms with E-state index in [9.17, 15) is 8.42 Å². The molecule has 0 aliphatic heterocycles. The lowest BCUT2D eigenvalue weighted by Crippen LogP contribution is -2.00. The highest BCUT2D eigenvalue weighted by molar-refractivity contribution is 9.10. The van der Waals surface area contributed by atoms with Gasteiger partial charge in [0.05, 0.1) is 10.4 Å². The van der Waals surface area contributed by atoms with Gasteiger partial charge in [0.1, 0.15) is 0 Å². The molecule has 1 N–H and O–H groups in total. The van der Waals surface area contributed by atoms with Gasteiger partial charge < -0.3 is 5.32 Å². The van der Waals surface area contributed by atoms with Crippen molar-refractivity contribution in [1.82, 2.24) is 9.97 Å². The first-order valence-electron chi connectivity index (χ1n) is 6.41. The van der Waals surface area contributed by atoms with E-state index >= 15 is 0 Å². The number of hydrogen-bond acceptors (Lipinski definition) is 5. The summed E-state index contributed by atoms with van der Waals surface area (Å²) in [6.45, 7) is 0. The van der Waals surface area contributed by atoms with Crippen LogP contribution in [0.5, 0.6) is 0 Å². The highest BCUT2D eigenvalue weighted by Gasteiger charge is 2.08. The Hall–Kier alpha value is -1.99. The third kappa shape index (κ3) is 3.26. The van der Waals surface area contributed by atoms with Gasteiger partial charge in [-0.15, -0.1) is 0 Å². The van der Waals surface area contributed by atoms with Crippen LogP contribution in [0.15, 0.2) is 58.0 Å². The molecule has 2 aromatic carbocycles. The Bertz CT molecular complexity index is 958. The fourth-order valence-electron chi connectivity index (χ4n) is 2.00. The second-order valence-electron chi connectivity index (χ2n) is 4.82. The van der Waals surface area contributed by atoms with Gasteiger partial charge in [0, 0.05) is 28.0 Å². The van der Waals surface area contributed by atoms with Crippen LogP contribution in [0, 0.1) is 0 Å². The zero-order valence-electron chi connectivity index (χ0n) is 11.6. The maximum atomic E-state index is 11.6. The Labute approximate surface area is 136 Å². The summed E-state index contributed by atoms with van der Waals surface area (Å²) in [5.74, 6) is 0.417. The number of fused-ring (bicyclic) bond motifs is 1. The van der Waals surface area contributed by atoms with E-state index in [4.69, 9.17) is 0 Å². The first-order chi connectivity index (χ1) is 10.4. The number of sulfone groups is 1. The quantitative estimate of drug-likeness (QED) is 0.755. The predicted octanol–water partition coefficient (Wildman–Crippen LogP) is 3.54. The molecule has 0 aliphatic rings. The van der Waals surface area contributed by atoms with E-state index in [-0.39, 0.29) is 4.90 Å². The van der Waals surface area contributed by atoms with Gasteiger partial charge in [0.25, 0.3) is 0 Å². The van der Waals surface area contributed by atoms with Crippen LogP contribution in [-0.2, 0) is 9.84 Å². The average Bonchev–Trinajstić information content (AvgIpc) is 2.47. The first-order valence-corrected chi connectivity index (χ1v) is 9.10. The van der Waals surface area contributed by atoms with Gasteiger partial charge in [0.15, 0.2) is 9.84 Å². The number of nitrogens with one attached hydrogen (secondary N) is 1. The molecule has 0 saturated carbocycles. The van der Waals surface area contributed by atoms with Crippen LogP contribution in [0.1, 0.15) is 0 Å². The molecule has 22 heavy (non-hydrogen) atoms. The van der Waals surface area contributed by atoms with E-state index < -0.39 is 9.84 Å². The third-order valence-electron chi connectivity index (χ3n) is 3.06. The van der Waals surface area contributed by atoms with E-state index in [1.807, 2.05) is 18.2 Å². The van der Waals surface area contributed by atoms with Gasteiger partial charge >= 0.3 is 0 Å². The number of hydrogen-bond donors (Lipinski definition) is 1. The number of aromatic nitrogens is 2. The molecule has 0 saturated heterocycles. The van der Waals surface area contributed by atoms with Gasteiger partial charge in [-0.1, -0.05) is 22.0 Å². The highest BCUT2D eigenvalue weighted by Crippen LogP contribution is 2.21. The molecular weight excluding hydrogens is 366 g/mol. The Morgan fingerprint density at radius 2 is 1.95 bits per heavy atom.